The van der Waals surface area contributed by atoms with Gasteiger partial charge in [0.1, 0.15) is 0 Å². The van der Waals surface area contributed by atoms with E-state index in [0.29, 0.717) is 18.1 Å². The highest BCUT2D eigenvalue weighted by Gasteiger charge is 2.17. The quantitative estimate of drug-likeness (QED) is 0.675. The van der Waals surface area contributed by atoms with Crippen LogP contribution >= 0.6 is 11.3 Å². The number of carbonyl (C=O) groups is 1. The lowest BCUT2D eigenvalue weighted by molar-refractivity contribution is -0.121. The van der Waals surface area contributed by atoms with Gasteiger partial charge in [0.05, 0.1) is 11.4 Å². The summed E-state index contributed by atoms with van der Waals surface area (Å²) in [4.78, 5) is 16.1. The number of thiazole rings is 1. The Labute approximate surface area is 139 Å². The second-order valence-electron chi connectivity index (χ2n) is 5.97. The Hall–Kier alpha value is -1.89. The van der Waals surface area contributed by atoms with Crippen molar-refractivity contribution < 1.29 is 4.79 Å². The number of aryl methyl sites for hydroxylation is 3. The maximum Gasteiger partial charge on any atom is 0.220 e. The highest BCUT2D eigenvalue weighted by Crippen LogP contribution is 2.22. The van der Waals surface area contributed by atoms with Crippen molar-refractivity contribution in [1.29, 1.82) is 0 Å². The molecule has 0 aliphatic heterocycles. The molecule has 0 radical (unpaired) electrons. The second-order valence-corrected chi connectivity index (χ2v) is 6.85. The molecule has 1 aliphatic rings. The Balaban J connectivity index is 1.36. The van der Waals surface area contributed by atoms with Crippen LogP contribution in [0.2, 0.25) is 0 Å². The van der Waals surface area contributed by atoms with Crippen molar-refractivity contribution in [3.8, 4) is 0 Å². The van der Waals surface area contributed by atoms with Crippen molar-refractivity contribution in [3.05, 3.63) is 28.0 Å². The average molecular weight is 333 g/mol. The van der Waals surface area contributed by atoms with E-state index in [9.17, 15) is 4.79 Å². The van der Waals surface area contributed by atoms with Crippen LogP contribution in [0.1, 0.15) is 48.3 Å². The number of H-pyrrole nitrogens is 1. The second kappa shape index (κ2) is 7.59. The van der Waals surface area contributed by atoms with Gasteiger partial charge in [-0.05, 0) is 44.1 Å². The number of nitrogens with zero attached hydrogens (tertiary/aromatic N) is 2. The van der Waals surface area contributed by atoms with Gasteiger partial charge >= 0.3 is 0 Å². The average Bonchev–Trinajstić information content (AvgIpc) is 3.16. The number of aromatic amines is 1. The molecule has 0 saturated heterocycles. The molecule has 0 aromatic carbocycles. The number of aromatic nitrogens is 3. The van der Waals surface area contributed by atoms with Crippen molar-refractivity contribution in [2.24, 2.45) is 0 Å². The molecule has 2 heterocycles. The van der Waals surface area contributed by atoms with Crippen LogP contribution in [-0.2, 0) is 30.5 Å². The summed E-state index contributed by atoms with van der Waals surface area (Å²) in [5, 5.41) is 13.1. The Kier molecular flexibility index (Phi) is 5.27. The smallest absolute Gasteiger partial charge is 0.220 e. The van der Waals surface area contributed by atoms with Gasteiger partial charge in [-0.15, -0.1) is 11.3 Å². The van der Waals surface area contributed by atoms with E-state index in [1.165, 1.54) is 35.4 Å². The molecule has 0 bridgehead atoms. The topological polar surface area (TPSA) is 96.7 Å². The maximum absolute atomic E-state index is 11.9. The largest absolute Gasteiger partial charge is 0.375 e. The molecule has 7 heteroatoms. The molecule has 0 atom stereocenters. The summed E-state index contributed by atoms with van der Waals surface area (Å²) in [7, 11) is 0. The van der Waals surface area contributed by atoms with Crippen molar-refractivity contribution >= 4 is 22.4 Å². The first-order valence-corrected chi connectivity index (χ1v) is 9.12. The number of anilines is 1. The van der Waals surface area contributed by atoms with Gasteiger partial charge in [-0.1, -0.05) is 0 Å². The summed E-state index contributed by atoms with van der Waals surface area (Å²) in [6.07, 6.45) is 7.61. The van der Waals surface area contributed by atoms with Gasteiger partial charge in [-0.25, -0.2) is 4.98 Å². The standard InChI is InChI=1S/C16H23N5OS/c17-16-19-11(10-23-16)4-3-9-18-15(22)8-7-14-12-5-1-2-6-13(12)20-21-14/h10H,1-9H2,(H2,17,19)(H,18,22)(H,20,21). The summed E-state index contributed by atoms with van der Waals surface area (Å²) in [6.45, 7) is 0.676. The van der Waals surface area contributed by atoms with Gasteiger partial charge in [0.15, 0.2) is 5.13 Å². The van der Waals surface area contributed by atoms with Crippen LogP contribution in [0.4, 0.5) is 5.13 Å². The zero-order valence-corrected chi connectivity index (χ0v) is 14.0. The van der Waals surface area contributed by atoms with Gasteiger partial charge in [0.2, 0.25) is 5.91 Å². The summed E-state index contributed by atoms with van der Waals surface area (Å²) in [5.74, 6) is 0.0929. The van der Waals surface area contributed by atoms with Gasteiger partial charge in [-0.3, -0.25) is 9.89 Å². The van der Waals surface area contributed by atoms with Gasteiger partial charge in [-0.2, -0.15) is 5.10 Å². The maximum atomic E-state index is 11.9. The Bertz CT molecular complexity index is 663. The summed E-state index contributed by atoms with van der Waals surface area (Å²) >= 11 is 1.46. The third-order valence-electron chi connectivity index (χ3n) is 4.23. The van der Waals surface area contributed by atoms with Crippen molar-refractivity contribution in [2.75, 3.05) is 12.3 Å². The van der Waals surface area contributed by atoms with E-state index in [0.717, 1.165) is 43.5 Å². The molecule has 2 aromatic rings. The van der Waals surface area contributed by atoms with E-state index in [-0.39, 0.29) is 5.91 Å². The number of hydrogen-bond acceptors (Lipinski definition) is 5. The first kappa shape index (κ1) is 16.0. The molecule has 0 saturated carbocycles. The van der Waals surface area contributed by atoms with Gasteiger partial charge in [0.25, 0.3) is 0 Å². The molecule has 0 fully saturated rings. The fourth-order valence-electron chi connectivity index (χ4n) is 3.01. The molecule has 1 aliphatic carbocycles. The third-order valence-corrected chi connectivity index (χ3v) is 4.95. The van der Waals surface area contributed by atoms with Gasteiger partial charge in [0, 0.05) is 30.5 Å². The lowest BCUT2D eigenvalue weighted by Gasteiger charge is -2.11. The van der Waals surface area contributed by atoms with Crippen LogP contribution in [0.3, 0.4) is 0 Å². The zero-order valence-electron chi connectivity index (χ0n) is 13.2. The molecule has 0 unspecified atom stereocenters. The molecule has 4 N–H and O–H groups in total. The number of nitrogen functional groups attached to an aromatic ring is 1. The number of amides is 1. The highest BCUT2D eigenvalue weighted by atomic mass is 32.1. The normalized spacial score (nSPS) is 13.7. The molecular formula is C16H23N5OS. The fraction of sp³-hybridized carbons (Fsp3) is 0.562. The third kappa shape index (κ3) is 4.31. The number of nitrogens with two attached hydrogens (primary N) is 1. The monoisotopic (exact) mass is 333 g/mol. The van der Waals surface area contributed by atoms with E-state index in [2.05, 4.69) is 20.5 Å². The number of carbonyl (C=O) groups excluding carboxylic acids is 1. The predicted molar refractivity (Wildman–Crippen MR) is 91.4 cm³/mol. The predicted octanol–water partition coefficient (Wildman–Crippen LogP) is 2.01. The Morgan fingerprint density at radius 1 is 1.35 bits per heavy atom. The molecule has 3 rings (SSSR count). The lowest BCUT2D eigenvalue weighted by Crippen LogP contribution is -2.25. The summed E-state index contributed by atoms with van der Waals surface area (Å²) in [5.41, 5.74) is 10.3. The Morgan fingerprint density at radius 2 is 2.22 bits per heavy atom. The molecular weight excluding hydrogens is 310 g/mol. The van der Waals surface area contributed by atoms with Crippen LogP contribution in [0.25, 0.3) is 0 Å². The van der Waals surface area contributed by atoms with Crippen LogP contribution in [0.15, 0.2) is 5.38 Å². The van der Waals surface area contributed by atoms with Crippen LogP contribution in [0.5, 0.6) is 0 Å². The minimum atomic E-state index is 0.0929. The number of rotatable bonds is 7. The summed E-state index contributed by atoms with van der Waals surface area (Å²) < 4.78 is 0. The number of fused-ring (bicyclic) bond motifs is 1. The first-order chi connectivity index (χ1) is 11.2. The molecule has 124 valence electrons. The lowest BCUT2D eigenvalue weighted by atomic mass is 9.94. The fourth-order valence-corrected chi connectivity index (χ4v) is 3.61. The van der Waals surface area contributed by atoms with Crippen LogP contribution < -0.4 is 11.1 Å². The molecule has 23 heavy (non-hydrogen) atoms. The van der Waals surface area contributed by atoms with E-state index in [1.54, 1.807) is 0 Å². The van der Waals surface area contributed by atoms with Crippen molar-refractivity contribution in [1.82, 2.24) is 20.5 Å². The van der Waals surface area contributed by atoms with Gasteiger partial charge < -0.3 is 11.1 Å². The van der Waals surface area contributed by atoms with Crippen LogP contribution in [-0.4, -0.2) is 27.6 Å². The van der Waals surface area contributed by atoms with Crippen LogP contribution in [0, 0.1) is 0 Å². The number of nitrogens with one attached hydrogen (secondary N) is 2. The van der Waals surface area contributed by atoms with E-state index in [1.807, 2.05) is 5.38 Å². The highest BCUT2D eigenvalue weighted by molar-refractivity contribution is 7.13. The zero-order chi connectivity index (χ0) is 16.1. The van der Waals surface area contributed by atoms with Crippen molar-refractivity contribution in [2.45, 2.75) is 51.4 Å². The van der Waals surface area contributed by atoms with Crippen molar-refractivity contribution in [3.63, 3.8) is 0 Å². The molecule has 2 aromatic heterocycles. The number of hydrogen-bond donors (Lipinski definition) is 3. The summed E-state index contributed by atoms with van der Waals surface area (Å²) in [6, 6.07) is 0. The van der Waals surface area contributed by atoms with E-state index < -0.39 is 0 Å². The first-order valence-electron chi connectivity index (χ1n) is 8.24. The van der Waals surface area contributed by atoms with E-state index in [4.69, 9.17) is 5.73 Å². The minimum absolute atomic E-state index is 0.0929. The SMILES string of the molecule is Nc1nc(CCCNC(=O)CCc2n[nH]c3c2CCCC3)cs1. The molecule has 1 amide bonds. The minimum Gasteiger partial charge on any atom is -0.375 e. The molecule has 6 nitrogen and oxygen atoms in total. The Morgan fingerprint density at radius 3 is 3.04 bits per heavy atom. The molecule has 0 spiro atoms. The van der Waals surface area contributed by atoms with E-state index >= 15 is 0 Å².